The van der Waals surface area contributed by atoms with E-state index in [-0.39, 0.29) is 10.1 Å². The van der Waals surface area contributed by atoms with Gasteiger partial charge in [0.05, 0.1) is 5.76 Å². The van der Waals surface area contributed by atoms with Crippen LogP contribution in [0.25, 0.3) is 0 Å². The second-order valence-electron chi connectivity index (χ2n) is 10.7. The van der Waals surface area contributed by atoms with Crippen LogP contribution >= 0.6 is 0 Å². The SMILES string of the molecule is C/C(O)=C1\CCCCC1(O[Si](C)(C)C(C)(C)C)O[Si](C)(C)C(C)(C)C. The first-order valence-electron chi connectivity index (χ1n) is 9.75. The van der Waals surface area contributed by atoms with Crippen molar-refractivity contribution >= 4 is 16.6 Å². The van der Waals surface area contributed by atoms with Gasteiger partial charge in [-0.05, 0) is 62.5 Å². The Hall–Kier alpha value is -0.106. The molecule has 25 heavy (non-hydrogen) atoms. The van der Waals surface area contributed by atoms with E-state index in [1.54, 1.807) is 6.92 Å². The summed E-state index contributed by atoms with van der Waals surface area (Å²) in [5.74, 6) is -0.361. The lowest BCUT2D eigenvalue weighted by Crippen LogP contribution is -2.58. The fraction of sp³-hybridized carbons (Fsp3) is 0.900. The third-order valence-corrected chi connectivity index (χ3v) is 15.4. The van der Waals surface area contributed by atoms with Crippen molar-refractivity contribution in [3.05, 3.63) is 11.3 Å². The van der Waals surface area contributed by atoms with E-state index in [4.69, 9.17) is 8.85 Å². The Balaban J connectivity index is 3.45. The van der Waals surface area contributed by atoms with Crippen LogP contribution in [-0.2, 0) is 8.85 Å². The summed E-state index contributed by atoms with van der Waals surface area (Å²) in [6.45, 7) is 24.5. The smallest absolute Gasteiger partial charge is 0.196 e. The van der Waals surface area contributed by atoms with Gasteiger partial charge in [-0.3, -0.25) is 0 Å². The molecule has 1 aliphatic rings. The third kappa shape index (κ3) is 4.99. The van der Waals surface area contributed by atoms with Gasteiger partial charge in [0.15, 0.2) is 22.4 Å². The van der Waals surface area contributed by atoms with Crippen LogP contribution in [-0.4, -0.2) is 27.5 Å². The molecule has 0 spiro atoms. The Morgan fingerprint density at radius 2 is 1.28 bits per heavy atom. The van der Waals surface area contributed by atoms with Gasteiger partial charge in [0.2, 0.25) is 0 Å². The molecule has 5 heteroatoms. The van der Waals surface area contributed by atoms with Gasteiger partial charge in [-0.25, -0.2) is 0 Å². The molecule has 0 atom stereocenters. The largest absolute Gasteiger partial charge is 0.512 e. The van der Waals surface area contributed by atoms with Crippen LogP contribution in [0.3, 0.4) is 0 Å². The quantitative estimate of drug-likeness (QED) is 0.317. The summed E-state index contributed by atoms with van der Waals surface area (Å²) in [4.78, 5) is 0. The normalized spacial score (nSPS) is 22.0. The molecular formula is C20H42O3Si2. The second-order valence-corrected chi connectivity index (χ2v) is 20.2. The molecule has 148 valence electrons. The minimum atomic E-state index is -2.06. The van der Waals surface area contributed by atoms with E-state index in [2.05, 4.69) is 67.7 Å². The van der Waals surface area contributed by atoms with Crippen LogP contribution in [0.2, 0.25) is 36.3 Å². The van der Waals surface area contributed by atoms with Gasteiger partial charge in [-0.15, -0.1) is 0 Å². The Morgan fingerprint density at radius 3 is 1.60 bits per heavy atom. The van der Waals surface area contributed by atoms with Gasteiger partial charge < -0.3 is 14.0 Å². The van der Waals surface area contributed by atoms with Crippen LogP contribution in [0.15, 0.2) is 11.3 Å². The lowest BCUT2D eigenvalue weighted by molar-refractivity contribution is -0.120. The maximum absolute atomic E-state index is 10.5. The first kappa shape index (κ1) is 22.9. The second kappa shape index (κ2) is 7.14. The van der Waals surface area contributed by atoms with E-state index >= 15 is 0 Å². The Labute approximate surface area is 158 Å². The highest BCUT2D eigenvalue weighted by Gasteiger charge is 2.53. The predicted molar refractivity (Wildman–Crippen MR) is 113 cm³/mol. The van der Waals surface area contributed by atoms with Crippen LogP contribution in [0.5, 0.6) is 0 Å². The van der Waals surface area contributed by atoms with Crippen molar-refractivity contribution < 1.29 is 14.0 Å². The highest BCUT2D eigenvalue weighted by atomic mass is 28.4. The molecule has 0 amide bonds. The summed E-state index contributed by atoms with van der Waals surface area (Å²) in [5, 5.41) is 10.7. The molecule has 3 nitrogen and oxygen atoms in total. The van der Waals surface area contributed by atoms with Crippen molar-refractivity contribution in [3.8, 4) is 0 Å². The first-order chi connectivity index (χ1) is 11.0. The average molecular weight is 387 g/mol. The van der Waals surface area contributed by atoms with E-state index in [0.29, 0.717) is 5.76 Å². The van der Waals surface area contributed by atoms with E-state index in [1.807, 2.05) is 0 Å². The van der Waals surface area contributed by atoms with E-state index < -0.39 is 22.4 Å². The topological polar surface area (TPSA) is 38.7 Å². The van der Waals surface area contributed by atoms with E-state index in [1.165, 1.54) is 0 Å². The van der Waals surface area contributed by atoms with Crippen molar-refractivity contribution in [2.45, 2.75) is 116 Å². The van der Waals surface area contributed by atoms with Gasteiger partial charge in [0.1, 0.15) is 0 Å². The van der Waals surface area contributed by atoms with Crippen molar-refractivity contribution in [1.82, 2.24) is 0 Å². The number of aliphatic hydroxyl groups is 1. The highest BCUT2D eigenvalue weighted by Crippen LogP contribution is 2.50. The molecule has 0 bridgehead atoms. The van der Waals surface area contributed by atoms with Gasteiger partial charge in [0, 0.05) is 12.0 Å². The molecule has 0 aromatic rings. The number of aliphatic hydroxyl groups excluding tert-OH is 1. The summed E-state index contributed by atoms with van der Waals surface area (Å²) >= 11 is 0. The zero-order chi connectivity index (χ0) is 19.9. The average Bonchev–Trinajstić information content (AvgIpc) is 2.34. The molecule has 0 radical (unpaired) electrons. The van der Waals surface area contributed by atoms with Gasteiger partial charge >= 0.3 is 0 Å². The van der Waals surface area contributed by atoms with Gasteiger partial charge in [-0.1, -0.05) is 41.5 Å². The Morgan fingerprint density at radius 1 is 0.880 bits per heavy atom. The minimum Gasteiger partial charge on any atom is -0.512 e. The van der Waals surface area contributed by atoms with Crippen molar-refractivity contribution in [2.75, 3.05) is 0 Å². The molecule has 0 aromatic heterocycles. The Kier molecular flexibility index (Phi) is 6.55. The number of rotatable bonds is 4. The zero-order valence-electron chi connectivity index (χ0n) is 18.6. The van der Waals surface area contributed by atoms with Gasteiger partial charge in [0.25, 0.3) is 0 Å². The fourth-order valence-corrected chi connectivity index (χ4v) is 5.71. The molecule has 1 fully saturated rings. The van der Waals surface area contributed by atoms with Crippen LogP contribution in [0.4, 0.5) is 0 Å². The monoisotopic (exact) mass is 386 g/mol. The van der Waals surface area contributed by atoms with Crippen LogP contribution < -0.4 is 0 Å². The molecule has 1 saturated carbocycles. The molecule has 0 heterocycles. The van der Waals surface area contributed by atoms with Crippen molar-refractivity contribution in [3.63, 3.8) is 0 Å². The lowest BCUT2D eigenvalue weighted by atomic mass is 9.88. The number of hydrogen-bond donors (Lipinski definition) is 1. The molecule has 1 rings (SSSR count). The summed E-state index contributed by atoms with van der Waals surface area (Å²) in [7, 11) is -4.12. The fourth-order valence-electron chi connectivity index (χ4n) is 2.83. The lowest BCUT2D eigenvalue weighted by Gasteiger charge is -2.52. The van der Waals surface area contributed by atoms with Crippen molar-refractivity contribution in [1.29, 1.82) is 0 Å². The van der Waals surface area contributed by atoms with E-state index in [9.17, 15) is 5.11 Å². The molecule has 0 aromatic carbocycles. The third-order valence-electron chi connectivity index (χ3n) is 6.53. The predicted octanol–water partition coefficient (Wildman–Crippen LogP) is 7.13. The minimum absolute atomic E-state index is 0.0999. The van der Waals surface area contributed by atoms with E-state index in [0.717, 1.165) is 31.3 Å². The first-order valence-corrected chi connectivity index (χ1v) is 15.6. The maximum Gasteiger partial charge on any atom is 0.196 e. The molecule has 0 aliphatic heterocycles. The molecule has 0 saturated heterocycles. The van der Waals surface area contributed by atoms with Gasteiger partial charge in [-0.2, -0.15) is 0 Å². The summed E-state index contributed by atoms with van der Waals surface area (Å²) < 4.78 is 13.9. The molecule has 1 N–H and O–H groups in total. The van der Waals surface area contributed by atoms with Crippen LogP contribution in [0, 0.1) is 0 Å². The van der Waals surface area contributed by atoms with Crippen LogP contribution in [0.1, 0.15) is 74.1 Å². The van der Waals surface area contributed by atoms with Crippen molar-refractivity contribution in [2.24, 2.45) is 0 Å². The molecule has 1 aliphatic carbocycles. The summed E-state index contributed by atoms with van der Waals surface area (Å²) in [5.41, 5.74) is 0.980. The number of hydrogen-bond acceptors (Lipinski definition) is 3. The zero-order valence-corrected chi connectivity index (χ0v) is 20.6. The highest BCUT2D eigenvalue weighted by molar-refractivity contribution is 6.75. The summed E-state index contributed by atoms with van der Waals surface area (Å²) in [6, 6.07) is 0. The summed E-state index contributed by atoms with van der Waals surface area (Å²) in [6.07, 6.45) is 3.89. The number of allylic oxidation sites excluding steroid dienone is 1. The molecule has 0 unspecified atom stereocenters. The Bertz CT molecular complexity index is 476. The maximum atomic E-state index is 10.5. The standard InChI is InChI=1S/C20H42O3Si2/c1-16(21)17-14-12-13-15-20(17,22-24(8,9)18(2,3)4)23-25(10,11)19(5,6)7/h21H,12-15H2,1-11H3/b17-16-. The molecular weight excluding hydrogens is 344 g/mol.